The van der Waals surface area contributed by atoms with Crippen LogP contribution in [0.2, 0.25) is 0 Å². The van der Waals surface area contributed by atoms with Crippen LogP contribution >= 0.6 is 0 Å². The Morgan fingerprint density at radius 3 is 2.55 bits per heavy atom. The van der Waals surface area contributed by atoms with Gasteiger partial charge in [-0.15, -0.1) is 0 Å². The Morgan fingerprint density at radius 1 is 1.27 bits per heavy atom. The van der Waals surface area contributed by atoms with E-state index < -0.39 is 23.8 Å². The van der Waals surface area contributed by atoms with E-state index in [1.807, 2.05) is 0 Å². The number of rotatable bonds is 4. The first-order valence-corrected chi connectivity index (χ1v) is 6.72. The third kappa shape index (κ3) is 3.52. The van der Waals surface area contributed by atoms with Crippen molar-refractivity contribution in [3.8, 4) is 0 Å². The van der Waals surface area contributed by atoms with E-state index in [2.05, 4.69) is 5.32 Å². The minimum absolute atomic E-state index is 0.0331. The van der Waals surface area contributed by atoms with Crippen LogP contribution in [-0.4, -0.2) is 18.0 Å². The molecule has 0 bridgehead atoms. The third-order valence-corrected chi connectivity index (χ3v) is 3.05. The lowest BCUT2D eigenvalue weighted by Crippen LogP contribution is -2.30. The summed E-state index contributed by atoms with van der Waals surface area (Å²) >= 11 is 0. The SMILES string of the molecule is Cc1cc(C(=O)O[C@H](C)C(=O)Nc2ccccc2F)c(C)o1. The van der Waals surface area contributed by atoms with Crippen LogP contribution in [-0.2, 0) is 9.53 Å². The fraction of sp³-hybridized carbons (Fsp3) is 0.250. The number of amides is 1. The lowest BCUT2D eigenvalue weighted by molar-refractivity contribution is -0.123. The predicted molar refractivity (Wildman–Crippen MR) is 78.1 cm³/mol. The molecule has 5 nitrogen and oxygen atoms in total. The maximum Gasteiger partial charge on any atom is 0.342 e. The Hall–Kier alpha value is -2.63. The zero-order chi connectivity index (χ0) is 16.3. The van der Waals surface area contributed by atoms with Gasteiger partial charge in [0.1, 0.15) is 22.9 Å². The van der Waals surface area contributed by atoms with Crippen molar-refractivity contribution in [3.63, 3.8) is 0 Å². The van der Waals surface area contributed by atoms with Gasteiger partial charge in [-0.25, -0.2) is 9.18 Å². The van der Waals surface area contributed by atoms with Crippen LogP contribution in [0, 0.1) is 19.7 Å². The Kier molecular flexibility index (Phi) is 4.60. The molecular formula is C16H16FNO4. The molecule has 0 aliphatic carbocycles. The summed E-state index contributed by atoms with van der Waals surface area (Å²) in [6.07, 6.45) is -1.07. The molecule has 0 spiro atoms. The van der Waals surface area contributed by atoms with E-state index in [-0.39, 0.29) is 11.3 Å². The van der Waals surface area contributed by atoms with Gasteiger partial charge in [0.2, 0.25) is 0 Å². The van der Waals surface area contributed by atoms with Gasteiger partial charge in [-0.1, -0.05) is 12.1 Å². The largest absolute Gasteiger partial charge is 0.466 e. The zero-order valence-corrected chi connectivity index (χ0v) is 12.5. The number of para-hydroxylation sites is 1. The number of esters is 1. The summed E-state index contributed by atoms with van der Waals surface area (Å²) in [5.41, 5.74) is 0.300. The number of anilines is 1. The monoisotopic (exact) mass is 305 g/mol. The highest BCUT2D eigenvalue weighted by molar-refractivity contribution is 5.97. The molecule has 2 rings (SSSR count). The average Bonchev–Trinajstić information content (AvgIpc) is 2.80. The summed E-state index contributed by atoms with van der Waals surface area (Å²) in [6.45, 7) is 4.75. The molecule has 22 heavy (non-hydrogen) atoms. The summed E-state index contributed by atoms with van der Waals surface area (Å²) in [7, 11) is 0. The zero-order valence-electron chi connectivity index (χ0n) is 12.5. The smallest absolute Gasteiger partial charge is 0.342 e. The molecule has 0 saturated carbocycles. The summed E-state index contributed by atoms with van der Waals surface area (Å²) in [6, 6.07) is 7.29. The molecule has 1 atom stereocenters. The van der Waals surface area contributed by atoms with Crippen molar-refractivity contribution < 1.29 is 23.1 Å². The van der Waals surface area contributed by atoms with Gasteiger partial charge in [0.25, 0.3) is 5.91 Å². The van der Waals surface area contributed by atoms with Crippen molar-refractivity contribution in [3.05, 3.63) is 53.2 Å². The normalized spacial score (nSPS) is 11.8. The van der Waals surface area contributed by atoms with E-state index in [1.54, 1.807) is 26.0 Å². The number of benzene rings is 1. The quantitative estimate of drug-likeness (QED) is 0.881. The van der Waals surface area contributed by atoms with Crippen molar-refractivity contribution in [2.24, 2.45) is 0 Å². The first-order chi connectivity index (χ1) is 10.4. The molecule has 0 saturated heterocycles. The maximum atomic E-state index is 13.5. The van der Waals surface area contributed by atoms with Gasteiger partial charge in [-0.3, -0.25) is 4.79 Å². The van der Waals surface area contributed by atoms with Crippen molar-refractivity contribution in [1.29, 1.82) is 0 Å². The van der Waals surface area contributed by atoms with Crippen LogP contribution in [0.1, 0.15) is 28.8 Å². The van der Waals surface area contributed by atoms with E-state index >= 15 is 0 Å². The first-order valence-electron chi connectivity index (χ1n) is 6.72. The second-order valence-corrected chi connectivity index (χ2v) is 4.84. The number of furan rings is 1. The molecule has 1 amide bonds. The molecule has 6 heteroatoms. The second-order valence-electron chi connectivity index (χ2n) is 4.84. The van der Waals surface area contributed by atoms with Gasteiger partial charge < -0.3 is 14.5 Å². The lowest BCUT2D eigenvalue weighted by atomic mass is 10.2. The van der Waals surface area contributed by atoms with E-state index in [4.69, 9.17) is 9.15 Å². The van der Waals surface area contributed by atoms with Crippen LogP contribution in [0.25, 0.3) is 0 Å². The van der Waals surface area contributed by atoms with Gasteiger partial charge in [0.15, 0.2) is 6.10 Å². The molecule has 0 aliphatic heterocycles. The van der Waals surface area contributed by atoms with Crippen molar-refractivity contribution in [1.82, 2.24) is 0 Å². The fourth-order valence-electron chi connectivity index (χ4n) is 1.91. The molecule has 2 aromatic rings. The van der Waals surface area contributed by atoms with E-state index in [9.17, 15) is 14.0 Å². The number of halogens is 1. The number of carbonyl (C=O) groups excluding carboxylic acids is 2. The molecule has 0 aliphatic rings. The standard InChI is InChI=1S/C16H16FNO4/c1-9-8-12(10(2)21-9)16(20)22-11(3)15(19)18-14-7-5-4-6-13(14)17/h4-8,11H,1-3H3,(H,18,19)/t11-/m1/s1. The van der Waals surface area contributed by atoms with Crippen molar-refractivity contribution in [2.45, 2.75) is 26.9 Å². The summed E-state index contributed by atoms with van der Waals surface area (Å²) in [4.78, 5) is 23.9. The second kappa shape index (κ2) is 6.43. The number of ether oxygens (including phenoxy) is 1. The molecule has 116 valence electrons. The Labute approximate surface area is 127 Å². The molecule has 0 radical (unpaired) electrons. The molecule has 1 aromatic heterocycles. The van der Waals surface area contributed by atoms with Crippen LogP contribution in [0.15, 0.2) is 34.7 Å². The molecule has 1 heterocycles. The highest BCUT2D eigenvalue weighted by Gasteiger charge is 2.22. The third-order valence-electron chi connectivity index (χ3n) is 3.05. The number of hydrogen-bond donors (Lipinski definition) is 1. The van der Waals surface area contributed by atoms with Crippen LogP contribution < -0.4 is 5.32 Å². The topological polar surface area (TPSA) is 68.5 Å². The van der Waals surface area contributed by atoms with E-state index in [1.165, 1.54) is 25.1 Å². The van der Waals surface area contributed by atoms with Gasteiger partial charge in [0.05, 0.1) is 5.69 Å². The average molecular weight is 305 g/mol. The lowest BCUT2D eigenvalue weighted by Gasteiger charge is -2.13. The minimum Gasteiger partial charge on any atom is -0.466 e. The molecule has 0 fully saturated rings. The van der Waals surface area contributed by atoms with Gasteiger partial charge in [-0.05, 0) is 39.0 Å². The van der Waals surface area contributed by atoms with Crippen LogP contribution in [0.5, 0.6) is 0 Å². The Balaban J connectivity index is 2.01. The Morgan fingerprint density at radius 2 is 1.95 bits per heavy atom. The predicted octanol–water partition coefficient (Wildman–Crippen LogP) is 3.22. The van der Waals surface area contributed by atoms with Gasteiger partial charge >= 0.3 is 5.97 Å². The van der Waals surface area contributed by atoms with Crippen molar-refractivity contribution >= 4 is 17.6 Å². The highest BCUT2D eigenvalue weighted by atomic mass is 19.1. The van der Waals surface area contributed by atoms with Crippen LogP contribution in [0.4, 0.5) is 10.1 Å². The van der Waals surface area contributed by atoms with E-state index in [0.717, 1.165) is 0 Å². The van der Waals surface area contributed by atoms with Crippen molar-refractivity contribution in [2.75, 3.05) is 5.32 Å². The number of hydrogen-bond acceptors (Lipinski definition) is 4. The number of carbonyl (C=O) groups is 2. The fourth-order valence-corrected chi connectivity index (χ4v) is 1.91. The molecule has 1 N–H and O–H groups in total. The van der Waals surface area contributed by atoms with Gasteiger partial charge in [0, 0.05) is 0 Å². The first kappa shape index (κ1) is 15.8. The van der Waals surface area contributed by atoms with Gasteiger partial charge in [-0.2, -0.15) is 0 Å². The van der Waals surface area contributed by atoms with Crippen LogP contribution in [0.3, 0.4) is 0 Å². The highest BCUT2D eigenvalue weighted by Crippen LogP contribution is 2.17. The molecular weight excluding hydrogens is 289 g/mol. The summed E-state index contributed by atoms with van der Waals surface area (Å²) < 4.78 is 23.8. The summed E-state index contributed by atoms with van der Waals surface area (Å²) in [5, 5.41) is 2.37. The maximum absolute atomic E-state index is 13.5. The summed E-state index contributed by atoms with van der Waals surface area (Å²) in [5.74, 6) is -0.838. The molecule has 0 unspecified atom stereocenters. The van der Waals surface area contributed by atoms with E-state index in [0.29, 0.717) is 11.5 Å². The Bertz CT molecular complexity index is 708. The minimum atomic E-state index is -1.07. The number of aryl methyl sites for hydroxylation is 2. The molecule has 1 aromatic carbocycles. The number of nitrogens with one attached hydrogen (secondary N) is 1.